The standard InChI is InChI=1S/C17H18FN5O3S2/c18-10-3-1-9(2-4-10)7-27-28-16-14-15(21-17(19)22-16)23(8-20-14)13-5-11(25)12(6-24)26-13/h1-4,8,11-13,24-25H,5-7H2,(H2,19,21,22)/t11-,12+,13+/m0/s1. The zero-order valence-corrected chi connectivity index (χ0v) is 16.2. The molecule has 4 N–H and O–H groups in total. The van der Waals surface area contributed by atoms with E-state index in [-0.39, 0.29) is 18.4 Å². The minimum atomic E-state index is -0.758. The van der Waals surface area contributed by atoms with E-state index < -0.39 is 18.4 Å². The molecule has 2 aromatic heterocycles. The van der Waals surface area contributed by atoms with Crippen LogP contribution in [-0.2, 0) is 10.5 Å². The number of nitrogen functional groups attached to an aromatic ring is 1. The second-order valence-electron chi connectivity index (χ2n) is 6.30. The van der Waals surface area contributed by atoms with E-state index in [2.05, 4.69) is 15.0 Å². The minimum Gasteiger partial charge on any atom is -0.394 e. The Labute approximate surface area is 167 Å². The molecule has 8 nitrogen and oxygen atoms in total. The van der Waals surface area contributed by atoms with Crippen molar-refractivity contribution in [2.24, 2.45) is 0 Å². The van der Waals surface area contributed by atoms with Crippen molar-refractivity contribution < 1.29 is 19.3 Å². The Morgan fingerprint density at radius 2 is 2.07 bits per heavy atom. The van der Waals surface area contributed by atoms with Crippen LogP contribution >= 0.6 is 21.6 Å². The molecule has 1 aromatic carbocycles. The molecule has 4 rings (SSSR count). The van der Waals surface area contributed by atoms with Crippen LogP contribution < -0.4 is 5.73 Å². The first-order valence-electron chi connectivity index (χ1n) is 8.53. The van der Waals surface area contributed by atoms with E-state index in [1.165, 1.54) is 33.7 Å². The van der Waals surface area contributed by atoms with Crippen molar-refractivity contribution >= 4 is 38.7 Å². The summed E-state index contributed by atoms with van der Waals surface area (Å²) >= 11 is 0. The molecule has 11 heteroatoms. The summed E-state index contributed by atoms with van der Waals surface area (Å²) < 4.78 is 20.4. The molecule has 0 amide bonds. The van der Waals surface area contributed by atoms with Crippen LogP contribution in [0.1, 0.15) is 18.2 Å². The Bertz CT molecular complexity index is 971. The van der Waals surface area contributed by atoms with Crippen LogP contribution in [0, 0.1) is 5.82 Å². The molecule has 28 heavy (non-hydrogen) atoms. The van der Waals surface area contributed by atoms with Crippen LogP contribution in [0.25, 0.3) is 11.2 Å². The van der Waals surface area contributed by atoms with Gasteiger partial charge in [0.05, 0.1) is 19.0 Å². The summed E-state index contributed by atoms with van der Waals surface area (Å²) in [6.07, 6.45) is 0.0113. The summed E-state index contributed by atoms with van der Waals surface area (Å²) in [6, 6.07) is 6.33. The van der Waals surface area contributed by atoms with Crippen LogP contribution in [0.15, 0.2) is 35.6 Å². The van der Waals surface area contributed by atoms with Crippen molar-refractivity contribution in [3.8, 4) is 0 Å². The van der Waals surface area contributed by atoms with Crippen molar-refractivity contribution in [3.63, 3.8) is 0 Å². The molecule has 0 bridgehead atoms. The molecule has 0 aliphatic carbocycles. The first-order chi connectivity index (χ1) is 13.5. The van der Waals surface area contributed by atoms with E-state index in [9.17, 15) is 14.6 Å². The third-order valence-electron chi connectivity index (χ3n) is 4.38. The number of benzene rings is 1. The van der Waals surface area contributed by atoms with Crippen molar-refractivity contribution in [1.82, 2.24) is 19.5 Å². The van der Waals surface area contributed by atoms with E-state index in [1.54, 1.807) is 23.0 Å². The predicted molar refractivity (Wildman–Crippen MR) is 105 cm³/mol. The fourth-order valence-corrected chi connectivity index (χ4v) is 5.08. The molecule has 3 heterocycles. The summed E-state index contributed by atoms with van der Waals surface area (Å²) in [5, 5.41) is 19.9. The van der Waals surface area contributed by atoms with Gasteiger partial charge in [0.2, 0.25) is 5.95 Å². The third-order valence-corrected chi connectivity index (χ3v) is 6.57. The number of anilines is 1. The topological polar surface area (TPSA) is 119 Å². The summed E-state index contributed by atoms with van der Waals surface area (Å²) in [7, 11) is 2.94. The van der Waals surface area contributed by atoms with Crippen LogP contribution in [0.4, 0.5) is 10.3 Å². The highest BCUT2D eigenvalue weighted by Gasteiger charge is 2.35. The zero-order valence-electron chi connectivity index (χ0n) is 14.6. The number of fused-ring (bicyclic) bond motifs is 1. The average molecular weight is 423 g/mol. The lowest BCUT2D eigenvalue weighted by molar-refractivity contribution is -0.0432. The molecule has 1 fully saturated rings. The van der Waals surface area contributed by atoms with E-state index in [0.717, 1.165) is 5.56 Å². The van der Waals surface area contributed by atoms with Gasteiger partial charge in [-0.1, -0.05) is 22.9 Å². The molecule has 0 spiro atoms. The number of aliphatic hydroxyl groups is 2. The summed E-state index contributed by atoms with van der Waals surface area (Å²) in [5.74, 6) is 0.504. The van der Waals surface area contributed by atoms with Gasteiger partial charge in [-0.3, -0.25) is 4.57 Å². The second-order valence-corrected chi connectivity index (χ2v) is 8.58. The Hall–Kier alpha value is -1.92. The maximum Gasteiger partial charge on any atom is 0.223 e. The molecule has 148 valence electrons. The Kier molecular flexibility index (Phi) is 5.69. The number of nitrogens with two attached hydrogens (primary N) is 1. The molecule has 3 atom stereocenters. The Morgan fingerprint density at radius 3 is 2.79 bits per heavy atom. The fourth-order valence-electron chi connectivity index (χ4n) is 2.96. The normalized spacial score (nSPS) is 22.2. The lowest BCUT2D eigenvalue weighted by atomic mass is 10.2. The molecule has 1 saturated heterocycles. The maximum atomic E-state index is 13.0. The van der Waals surface area contributed by atoms with Crippen LogP contribution in [0.3, 0.4) is 0 Å². The van der Waals surface area contributed by atoms with Gasteiger partial charge in [-0.25, -0.2) is 14.4 Å². The molecule has 0 unspecified atom stereocenters. The number of nitrogens with zero attached hydrogens (tertiary/aromatic N) is 4. The summed E-state index contributed by atoms with van der Waals surface area (Å²) in [6.45, 7) is -0.261. The number of imidazole rings is 1. The molecule has 1 aliphatic heterocycles. The van der Waals surface area contributed by atoms with E-state index in [0.29, 0.717) is 28.4 Å². The SMILES string of the molecule is Nc1nc(SSCc2ccc(F)cc2)c2ncn([C@H]3C[C@H](O)[C@@H](CO)O3)c2n1. The van der Waals surface area contributed by atoms with Gasteiger partial charge in [-0.15, -0.1) is 0 Å². The highest BCUT2D eigenvalue weighted by Crippen LogP contribution is 2.38. The van der Waals surface area contributed by atoms with Gasteiger partial charge in [0.25, 0.3) is 0 Å². The largest absolute Gasteiger partial charge is 0.394 e. The number of hydrogen-bond acceptors (Lipinski definition) is 9. The van der Waals surface area contributed by atoms with Gasteiger partial charge in [0.1, 0.15) is 28.7 Å². The molecular weight excluding hydrogens is 405 g/mol. The molecular formula is C17H18FN5O3S2. The predicted octanol–water partition coefficient (Wildman–Crippen LogP) is 2.13. The van der Waals surface area contributed by atoms with Crippen LogP contribution in [-0.4, -0.2) is 48.5 Å². The third kappa shape index (κ3) is 3.94. The number of ether oxygens (including phenoxy) is 1. The van der Waals surface area contributed by atoms with Crippen molar-refractivity contribution in [3.05, 3.63) is 42.0 Å². The van der Waals surface area contributed by atoms with Gasteiger partial charge in [0, 0.05) is 12.2 Å². The maximum absolute atomic E-state index is 13.0. The minimum absolute atomic E-state index is 0.108. The Morgan fingerprint density at radius 1 is 1.29 bits per heavy atom. The van der Waals surface area contributed by atoms with Crippen molar-refractivity contribution in [2.75, 3.05) is 12.3 Å². The van der Waals surface area contributed by atoms with Crippen molar-refractivity contribution in [1.29, 1.82) is 0 Å². The summed E-state index contributed by atoms with van der Waals surface area (Å²) in [5.41, 5.74) is 7.95. The highest BCUT2D eigenvalue weighted by atomic mass is 33.1. The van der Waals surface area contributed by atoms with Gasteiger partial charge >= 0.3 is 0 Å². The second kappa shape index (κ2) is 8.21. The first-order valence-corrected chi connectivity index (χ1v) is 10.9. The van der Waals surface area contributed by atoms with Crippen LogP contribution in [0.5, 0.6) is 0 Å². The number of aromatic nitrogens is 4. The van der Waals surface area contributed by atoms with E-state index in [4.69, 9.17) is 10.5 Å². The number of halogens is 1. The van der Waals surface area contributed by atoms with E-state index in [1.807, 2.05) is 0 Å². The number of aliphatic hydroxyl groups excluding tert-OH is 2. The molecule has 0 radical (unpaired) electrons. The smallest absolute Gasteiger partial charge is 0.223 e. The number of hydrogen-bond donors (Lipinski definition) is 3. The molecule has 0 saturated carbocycles. The van der Waals surface area contributed by atoms with Gasteiger partial charge in [-0.05, 0) is 28.5 Å². The van der Waals surface area contributed by atoms with Gasteiger partial charge in [0.15, 0.2) is 5.65 Å². The van der Waals surface area contributed by atoms with Crippen LogP contribution in [0.2, 0.25) is 0 Å². The monoisotopic (exact) mass is 423 g/mol. The van der Waals surface area contributed by atoms with Gasteiger partial charge < -0.3 is 20.7 Å². The fraction of sp³-hybridized carbons (Fsp3) is 0.353. The lowest BCUT2D eigenvalue weighted by Crippen LogP contribution is -2.24. The lowest BCUT2D eigenvalue weighted by Gasteiger charge is -2.13. The van der Waals surface area contributed by atoms with Gasteiger partial charge in [-0.2, -0.15) is 4.98 Å². The summed E-state index contributed by atoms with van der Waals surface area (Å²) in [4.78, 5) is 12.9. The molecule has 3 aromatic rings. The first kappa shape index (κ1) is 19.4. The Balaban J connectivity index is 1.53. The zero-order chi connectivity index (χ0) is 19.7. The quantitative estimate of drug-likeness (QED) is 0.404. The number of rotatable bonds is 6. The van der Waals surface area contributed by atoms with Crippen molar-refractivity contribution in [2.45, 2.75) is 35.6 Å². The molecule has 1 aliphatic rings. The highest BCUT2D eigenvalue weighted by molar-refractivity contribution is 8.76. The van der Waals surface area contributed by atoms with E-state index >= 15 is 0 Å². The average Bonchev–Trinajstić information content (AvgIpc) is 3.26.